The average molecular weight is 265 g/mol. The van der Waals surface area contributed by atoms with E-state index in [1.165, 1.54) is 12.1 Å². The Hall–Kier alpha value is -1.87. The van der Waals surface area contributed by atoms with E-state index in [0.29, 0.717) is 17.1 Å². The van der Waals surface area contributed by atoms with E-state index < -0.39 is 5.82 Å². The lowest BCUT2D eigenvalue weighted by molar-refractivity contribution is 0.112. The van der Waals surface area contributed by atoms with Gasteiger partial charge in [-0.05, 0) is 42.8 Å². The van der Waals surface area contributed by atoms with Crippen LogP contribution in [0.3, 0.4) is 0 Å². The lowest BCUT2D eigenvalue weighted by Crippen LogP contribution is -1.90. The molecule has 0 aromatic heterocycles. The summed E-state index contributed by atoms with van der Waals surface area (Å²) in [5, 5.41) is 0.0513. The highest BCUT2D eigenvalue weighted by Crippen LogP contribution is 2.28. The fraction of sp³-hybridized carbons (Fsp3) is 0.0714. The van der Waals surface area contributed by atoms with Crippen LogP contribution in [0.15, 0.2) is 36.4 Å². The van der Waals surface area contributed by atoms with Crippen molar-refractivity contribution in [2.75, 3.05) is 0 Å². The SMILES string of the molecule is Cc1cc(C=O)ccc1Oc1ccc(Cl)c(F)c1. The highest BCUT2D eigenvalue weighted by Gasteiger charge is 2.05. The van der Waals surface area contributed by atoms with Crippen molar-refractivity contribution >= 4 is 17.9 Å². The number of carbonyl (C=O) groups is 1. The molecule has 0 N–H and O–H groups in total. The predicted molar refractivity (Wildman–Crippen MR) is 68.1 cm³/mol. The monoisotopic (exact) mass is 264 g/mol. The molecule has 2 aromatic carbocycles. The van der Waals surface area contributed by atoms with Crippen molar-refractivity contribution in [1.29, 1.82) is 0 Å². The molecule has 92 valence electrons. The lowest BCUT2D eigenvalue weighted by atomic mass is 10.1. The largest absolute Gasteiger partial charge is 0.457 e. The molecule has 0 heterocycles. The molecule has 2 rings (SSSR count). The van der Waals surface area contributed by atoms with Gasteiger partial charge in [0.1, 0.15) is 23.6 Å². The molecule has 0 radical (unpaired) electrons. The smallest absolute Gasteiger partial charge is 0.150 e. The fourth-order valence-electron chi connectivity index (χ4n) is 1.53. The first kappa shape index (κ1) is 12.6. The minimum absolute atomic E-state index is 0.0513. The number of benzene rings is 2. The Bertz CT molecular complexity index is 596. The van der Waals surface area contributed by atoms with E-state index in [9.17, 15) is 9.18 Å². The second-order valence-electron chi connectivity index (χ2n) is 3.82. The van der Waals surface area contributed by atoms with Gasteiger partial charge in [0, 0.05) is 11.6 Å². The topological polar surface area (TPSA) is 26.3 Å². The molecule has 0 aliphatic heterocycles. The minimum Gasteiger partial charge on any atom is -0.457 e. The zero-order valence-corrected chi connectivity index (χ0v) is 10.4. The number of carbonyl (C=O) groups excluding carboxylic acids is 1. The van der Waals surface area contributed by atoms with Gasteiger partial charge in [-0.2, -0.15) is 0 Å². The minimum atomic E-state index is -0.531. The highest BCUT2D eigenvalue weighted by atomic mass is 35.5. The van der Waals surface area contributed by atoms with E-state index in [1.54, 1.807) is 24.3 Å². The molecule has 0 spiro atoms. The van der Waals surface area contributed by atoms with Crippen molar-refractivity contribution in [3.05, 3.63) is 58.4 Å². The number of hydrogen-bond acceptors (Lipinski definition) is 2. The average Bonchev–Trinajstić information content (AvgIpc) is 2.36. The van der Waals surface area contributed by atoms with Crippen LogP contribution in [0.25, 0.3) is 0 Å². The van der Waals surface area contributed by atoms with Crippen molar-refractivity contribution in [3.8, 4) is 11.5 Å². The molecule has 0 aliphatic carbocycles. The zero-order valence-electron chi connectivity index (χ0n) is 9.61. The van der Waals surface area contributed by atoms with Crippen LogP contribution in [0, 0.1) is 12.7 Å². The van der Waals surface area contributed by atoms with E-state index in [0.717, 1.165) is 11.8 Å². The lowest BCUT2D eigenvalue weighted by Gasteiger charge is -2.09. The fourth-order valence-corrected chi connectivity index (χ4v) is 1.65. The van der Waals surface area contributed by atoms with Crippen molar-refractivity contribution in [1.82, 2.24) is 0 Å². The van der Waals surface area contributed by atoms with Crippen LogP contribution < -0.4 is 4.74 Å². The third kappa shape index (κ3) is 2.68. The van der Waals surface area contributed by atoms with Gasteiger partial charge in [-0.25, -0.2) is 4.39 Å². The summed E-state index contributed by atoms with van der Waals surface area (Å²) < 4.78 is 18.8. The van der Waals surface area contributed by atoms with Gasteiger partial charge >= 0.3 is 0 Å². The van der Waals surface area contributed by atoms with Gasteiger partial charge in [-0.1, -0.05) is 11.6 Å². The van der Waals surface area contributed by atoms with Crippen LogP contribution in [-0.4, -0.2) is 6.29 Å². The molecular weight excluding hydrogens is 255 g/mol. The predicted octanol–water partition coefficient (Wildman–Crippen LogP) is 4.39. The summed E-state index contributed by atoms with van der Waals surface area (Å²) in [4.78, 5) is 10.6. The summed E-state index contributed by atoms with van der Waals surface area (Å²) in [5.41, 5.74) is 1.37. The van der Waals surface area contributed by atoms with Crippen molar-refractivity contribution in [2.45, 2.75) is 6.92 Å². The maximum Gasteiger partial charge on any atom is 0.150 e. The van der Waals surface area contributed by atoms with Crippen LogP contribution in [0.1, 0.15) is 15.9 Å². The second-order valence-corrected chi connectivity index (χ2v) is 4.23. The van der Waals surface area contributed by atoms with E-state index in [1.807, 2.05) is 6.92 Å². The van der Waals surface area contributed by atoms with Crippen LogP contribution >= 0.6 is 11.6 Å². The molecule has 0 atom stereocenters. The maximum atomic E-state index is 13.2. The first-order valence-electron chi connectivity index (χ1n) is 5.29. The number of aldehydes is 1. The summed E-state index contributed by atoms with van der Waals surface area (Å²) in [6.07, 6.45) is 0.763. The number of halogens is 2. The van der Waals surface area contributed by atoms with Gasteiger partial charge in [0.2, 0.25) is 0 Å². The number of hydrogen-bond donors (Lipinski definition) is 0. The molecule has 2 nitrogen and oxygen atoms in total. The molecule has 0 amide bonds. The number of ether oxygens (including phenoxy) is 1. The van der Waals surface area contributed by atoms with Crippen LogP contribution in [0.5, 0.6) is 11.5 Å². The van der Waals surface area contributed by atoms with Crippen molar-refractivity contribution < 1.29 is 13.9 Å². The first-order valence-corrected chi connectivity index (χ1v) is 5.66. The Labute approximate surface area is 109 Å². The summed E-state index contributed by atoms with van der Waals surface area (Å²) in [6, 6.07) is 9.25. The Kier molecular flexibility index (Phi) is 3.63. The maximum absolute atomic E-state index is 13.2. The molecular formula is C14H10ClFO2. The van der Waals surface area contributed by atoms with Gasteiger partial charge in [-0.3, -0.25) is 4.79 Å². The van der Waals surface area contributed by atoms with Gasteiger partial charge in [0.25, 0.3) is 0 Å². The van der Waals surface area contributed by atoms with E-state index in [2.05, 4.69) is 0 Å². The Morgan fingerprint density at radius 3 is 2.61 bits per heavy atom. The van der Waals surface area contributed by atoms with Crippen LogP contribution in [-0.2, 0) is 0 Å². The van der Waals surface area contributed by atoms with Gasteiger partial charge in [0.05, 0.1) is 5.02 Å². The number of rotatable bonds is 3. The van der Waals surface area contributed by atoms with Crippen LogP contribution in [0.2, 0.25) is 5.02 Å². The number of aryl methyl sites for hydroxylation is 1. The highest BCUT2D eigenvalue weighted by molar-refractivity contribution is 6.30. The molecule has 0 unspecified atom stereocenters. The quantitative estimate of drug-likeness (QED) is 0.769. The summed E-state index contributed by atoms with van der Waals surface area (Å²) in [5.74, 6) is 0.400. The van der Waals surface area contributed by atoms with E-state index in [4.69, 9.17) is 16.3 Å². The Balaban J connectivity index is 2.28. The van der Waals surface area contributed by atoms with Gasteiger partial charge in [-0.15, -0.1) is 0 Å². The van der Waals surface area contributed by atoms with Crippen molar-refractivity contribution in [2.24, 2.45) is 0 Å². The van der Waals surface area contributed by atoms with Gasteiger partial charge < -0.3 is 4.74 Å². The van der Waals surface area contributed by atoms with Gasteiger partial charge in [0.15, 0.2) is 0 Å². The molecule has 0 aliphatic rings. The van der Waals surface area contributed by atoms with Crippen LogP contribution in [0.4, 0.5) is 4.39 Å². The summed E-state index contributed by atoms with van der Waals surface area (Å²) >= 11 is 5.59. The van der Waals surface area contributed by atoms with E-state index >= 15 is 0 Å². The van der Waals surface area contributed by atoms with E-state index in [-0.39, 0.29) is 5.02 Å². The molecule has 0 saturated carbocycles. The molecule has 0 saturated heterocycles. The summed E-state index contributed by atoms with van der Waals surface area (Å²) in [7, 11) is 0. The zero-order chi connectivity index (χ0) is 13.1. The standard InChI is InChI=1S/C14H10ClFO2/c1-9-6-10(8-17)2-5-14(9)18-11-3-4-12(15)13(16)7-11/h2-8H,1H3. The first-order chi connectivity index (χ1) is 8.60. The molecule has 2 aromatic rings. The molecule has 18 heavy (non-hydrogen) atoms. The Morgan fingerprint density at radius 1 is 1.22 bits per heavy atom. The third-order valence-electron chi connectivity index (χ3n) is 2.45. The molecule has 0 bridgehead atoms. The molecule has 0 fully saturated rings. The second kappa shape index (κ2) is 5.19. The third-order valence-corrected chi connectivity index (χ3v) is 2.76. The Morgan fingerprint density at radius 2 is 2.00 bits per heavy atom. The molecule has 4 heteroatoms. The normalized spacial score (nSPS) is 10.2. The summed E-state index contributed by atoms with van der Waals surface area (Å²) in [6.45, 7) is 1.81. The van der Waals surface area contributed by atoms with Crippen molar-refractivity contribution in [3.63, 3.8) is 0 Å².